The van der Waals surface area contributed by atoms with Crippen molar-refractivity contribution >= 4 is 27.2 Å². The summed E-state index contributed by atoms with van der Waals surface area (Å²) in [6.07, 6.45) is 3.91. The van der Waals surface area contributed by atoms with Gasteiger partial charge in [0.05, 0.1) is 5.69 Å². The molecule has 0 atom stereocenters. The second kappa shape index (κ2) is 6.85. The molecule has 0 spiro atoms. The highest BCUT2D eigenvalue weighted by Gasteiger charge is 2.40. The van der Waals surface area contributed by atoms with Gasteiger partial charge in [0.15, 0.2) is 4.91 Å². The molecule has 1 fully saturated rings. The van der Waals surface area contributed by atoms with E-state index < -0.39 is 15.9 Å². The van der Waals surface area contributed by atoms with Crippen LogP contribution >= 0.6 is 0 Å². The molecule has 0 bridgehead atoms. The van der Waals surface area contributed by atoms with Crippen LogP contribution in [0.3, 0.4) is 0 Å². The van der Waals surface area contributed by atoms with Crippen LogP contribution in [0.15, 0.2) is 59.5 Å². The smallest absolute Gasteiger partial charge is 0.270 e. The number of sulfonamides is 1. The number of hydrogen-bond acceptors (Lipinski definition) is 3. The summed E-state index contributed by atoms with van der Waals surface area (Å²) >= 11 is 0. The summed E-state index contributed by atoms with van der Waals surface area (Å²) in [5.74, 6) is -0.512. The Labute approximate surface area is 159 Å². The van der Waals surface area contributed by atoms with Gasteiger partial charge >= 0.3 is 0 Å². The zero-order valence-corrected chi connectivity index (χ0v) is 16.0. The number of nitrogens with zero attached hydrogens (tertiary/aromatic N) is 1. The number of nitrogens with one attached hydrogen (secondary N) is 1. The van der Waals surface area contributed by atoms with Crippen molar-refractivity contribution in [3.63, 3.8) is 0 Å². The molecule has 0 radical (unpaired) electrons. The lowest BCUT2D eigenvalue weighted by Crippen LogP contribution is -2.42. The van der Waals surface area contributed by atoms with Gasteiger partial charge in [-0.05, 0) is 24.5 Å². The molecule has 1 N–H and O–H groups in total. The van der Waals surface area contributed by atoms with Crippen molar-refractivity contribution in [3.05, 3.63) is 70.6 Å². The number of carbonyl (C=O) groups excluding carboxylic acids is 1. The molecule has 1 aliphatic heterocycles. The van der Waals surface area contributed by atoms with Crippen molar-refractivity contribution in [2.24, 2.45) is 0 Å². The molecule has 2 aromatic carbocycles. The summed E-state index contributed by atoms with van der Waals surface area (Å²) in [4.78, 5) is 13.0. The second-order valence-corrected chi connectivity index (χ2v) is 8.92. The average molecular weight is 382 g/mol. The molecule has 1 amide bonds. The minimum Gasteiger partial charge on any atom is -0.349 e. The van der Waals surface area contributed by atoms with Crippen LogP contribution in [0.4, 0.5) is 5.69 Å². The molecule has 1 saturated carbocycles. The van der Waals surface area contributed by atoms with Gasteiger partial charge in [0.2, 0.25) is 0 Å². The van der Waals surface area contributed by atoms with Gasteiger partial charge in [-0.1, -0.05) is 61.4 Å². The molecule has 0 aromatic heterocycles. The highest BCUT2D eigenvalue weighted by atomic mass is 32.2. The van der Waals surface area contributed by atoms with Crippen LogP contribution in [0, 0.1) is 0 Å². The molecule has 1 aliphatic carbocycles. The summed E-state index contributed by atoms with van der Waals surface area (Å²) in [6, 6.07) is 16.6. The lowest BCUT2D eigenvalue weighted by molar-refractivity contribution is -0.117. The fourth-order valence-corrected chi connectivity index (χ4v) is 5.39. The van der Waals surface area contributed by atoms with E-state index in [0.29, 0.717) is 11.3 Å². The van der Waals surface area contributed by atoms with Crippen LogP contribution < -0.4 is 9.62 Å². The number of fused-ring (bicyclic) bond motifs is 1. The maximum absolute atomic E-state index is 13.3. The van der Waals surface area contributed by atoms with E-state index in [4.69, 9.17) is 0 Å². The summed E-state index contributed by atoms with van der Waals surface area (Å²) in [6.45, 7) is 0. The quantitative estimate of drug-likeness (QED) is 0.886. The van der Waals surface area contributed by atoms with E-state index in [1.54, 1.807) is 12.1 Å². The zero-order valence-electron chi connectivity index (χ0n) is 15.2. The highest BCUT2D eigenvalue weighted by Crippen LogP contribution is 2.42. The standard InChI is InChI=1S/C21H22N2O3S/c1-23-18-14-8-7-13-17(18)19(15-9-3-2-4-10-15)20(27(23,25)26)21(24)22-16-11-5-6-12-16/h2-4,7-10,13-14,16H,5-6,11-12H2,1H3,(H,22,24). The van der Waals surface area contributed by atoms with E-state index >= 15 is 0 Å². The number of hydrogen-bond donors (Lipinski definition) is 1. The first kappa shape index (κ1) is 17.8. The first-order valence-electron chi connectivity index (χ1n) is 9.19. The predicted octanol–water partition coefficient (Wildman–Crippen LogP) is 3.28. The van der Waals surface area contributed by atoms with Gasteiger partial charge in [0.1, 0.15) is 0 Å². The van der Waals surface area contributed by atoms with Crippen LogP contribution in [-0.2, 0) is 14.8 Å². The Hall–Kier alpha value is -2.60. The van der Waals surface area contributed by atoms with Crippen LogP contribution in [0.25, 0.3) is 5.57 Å². The molecule has 140 valence electrons. The molecule has 6 heteroatoms. The van der Waals surface area contributed by atoms with Crippen LogP contribution in [0.5, 0.6) is 0 Å². The number of para-hydroxylation sites is 1. The third-order valence-corrected chi connectivity index (χ3v) is 7.14. The Morgan fingerprint density at radius 2 is 1.63 bits per heavy atom. The van der Waals surface area contributed by atoms with Crippen LogP contribution in [-0.4, -0.2) is 27.4 Å². The van der Waals surface area contributed by atoms with Crippen molar-refractivity contribution in [1.29, 1.82) is 0 Å². The average Bonchev–Trinajstić information content (AvgIpc) is 3.18. The summed E-state index contributed by atoms with van der Waals surface area (Å²) in [5, 5.41) is 2.95. The van der Waals surface area contributed by atoms with Gasteiger partial charge in [-0.15, -0.1) is 0 Å². The second-order valence-electron chi connectivity index (χ2n) is 7.01. The molecule has 0 saturated heterocycles. The Morgan fingerprint density at radius 3 is 2.33 bits per heavy atom. The molecule has 5 nitrogen and oxygen atoms in total. The SMILES string of the molecule is CN1c2ccccc2C(c2ccccc2)=C(C(=O)NC2CCCC2)S1(=O)=O. The lowest BCUT2D eigenvalue weighted by atomic mass is 9.95. The van der Waals surface area contributed by atoms with E-state index in [2.05, 4.69) is 5.32 Å². The van der Waals surface area contributed by atoms with E-state index in [0.717, 1.165) is 36.8 Å². The van der Waals surface area contributed by atoms with E-state index in [1.807, 2.05) is 42.5 Å². The Balaban J connectivity index is 1.95. The van der Waals surface area contributed by atoms with Crippen LogP contribution in [0.2, 0.25) is 0 Å². The van der Waals surface area contributed by atoms with E-state index in [1.165, 1.54) is 11.4 Å². The topological polar surface area (TPSA) is 66.5 Å². The Kier molecular flexibility index (Phi) is 4.52. The highest BCUT2D eigenvalue weighted by molar-refractivity contribution is 7.97. The Morgan fingerprint density at radius 1 is 1.00 bits per heavy atom. The van der Waals surface area contributed by atoms with Crippen molar-refractivity contribution in [3.8, 4) is 0 Å². The number of carbonyl (C=O) groups is 1. The fraction of sp³-hybridized carbons (Fsp3) is 0.286. The zero-order chi connectivity index (χ0) is 19.0. The van der Waals surface area contributed by atoms with E-state index in [9.17, 15) is 13.2 Å². The fourth-order valence-electron chi connectivity index (χ4n) is 3.92. The first-order chi connectivity index (χ1) is 13.0. The van der Waals surface area contributed by atoms with Crippen molar-refractivity contribution in [2.45, 2.75) is 31.7 Å². The normalized spacial score (nSPS) is 19.1. The molecule has 1 heterocycles. The van der Waals surface area contributed by atoms with E-state index in [-0.39, 0.29) is 10.9 Å². The summed E-state index contributed by atoms with van der Waals surface area (Å²) < 4.78 is 27.8. The van der Waals surface area contributed by atoms with Gasteiger partial charge in [-0.3, -0.25) is 9.10 Å². The number of benzene rings is 2. The molecule has 27 heavy (non-hydrogen) atoms. The first-order valence-corrected chi connectivity index (χ1v) is 10.6. The monoisotopic (exact) mass is 382 g/mol. The molecule has 4 rings (SSSR count). The Bertz CT molecular complexity index is 1010. The molecule has 2 aliphatic rings. The van der Waals surface area contributed by atoms with Crippen molar-refractivity contribution in [2.75, 3.05) is 11.4 Å². The predicted molar refractivity (Wildman–Crippen MR) is 107 cm³/mol. The molecular formula is C21H22N2O3S. The van der Waals surface area contributed by atoms with Crippen molar-refractivity contribution in [1.82, 2.24) is 5.32 Å². The summed E-state index contributed by atoms with van der Waals surface area (Å²) in [5.41, 5.74) is 2.52. The number of rotatable bonds is 3. The lowest BCUT2D eigenvalue weighted by Gasteiger charge is -2.31. The van der Waals surface area contributed by atoms with Crippen LogP contribution in [0.1, 0.15) is 36.8 Å². The molecule has 0 unspecified atom stereocenters. The number of amides is 1. The van der Waals surface area contributed by atoms with Gasteiger partial charge in [0, 0.05) is 24.2 Å². The maximum atomic E-state index is 13.3. The minimum absolute atomic E-state index is 0.0414. The molecule has 2 aromatic rings. The number of anilines is 1. The molecular weight excluding hydrogens is 360 g/mol. The van der Waals surface area contributed by atoms with Gasteiger partial charge in [-0.25, -0.2) is 8.42 Å². The van der Waals surface area contributed by atoms with Gasteiger partial charge in [-0.2, -0.15) is 0 Å². The van der Waals surface area contributed by atoms with Crippen molar-refractivity contribution < 1.29 is 13.2 Å². The third-order valence-electron chi connectivity index (χ3n) is 5.32. The van der Waals surface area contributed by atoms with Gasteiger partial charge in [0.25, 0.3) is 15.9 Å². The largest absolute Gasteiger partial charge is 0.349 e. The third kappa shape index (κ3) is 3.04. The minimum atomic E-state index is -3.95. The summed E-state index contributed by atoms with van der Waals surface area (Å²) in [7, 11) is -2.45. The van der Waals surface area contributed by atoms with Gasteiger partial charge < -0.3 is 5.32 Å². The maximum Gasteiger partial charge on any atom is 0.270 e.